The Morgan fingerprint density at radius 2 is 1.66 bits per heavy atom. The fourth-order valence-corrected chi connectivity index (χ4v) is 4.77. The van der Waals surface area contributed by atoms with E-state index >= 15 is 0 Å². The summed E-state index contributed by atoms with van der Waals surface area (Å²) in [6.07, 6.45) is 1.12. The first kappa shape index (κ1) is 26.5. The molecular formula is C29H30N2O7. The van der Waals surface area contributed by atoms with E-state index in [2.05, 4.69) is 10.6 Å². The van der Waals surface area contributed by atoms with Gasteiger partial charge in [0.1, 0.15) is 5.75 Å². The van der Waals surface area contributed by atoms with Crippen LogP contribution >= 0.6 is 0 Å². The van der Waals surface area contributed by atoms with Crippen LogP contribution in [0.2, 0.25) is 0 Å². The molecule has 0 fully saturated rings. The van der Waals surface area contributed by atoms with Gasteiger partial charge in [0.05, 0.1) is 40.2 Å². The summed E-state index contributed by atoms with van der Waals surface area (Å²) in [6, 6.07) is 12.9. The van der Waals surface area contributed by atoms with E-state index in [0.717, 1.165) is 11.1 Å². The van der Waals surface area contributed by atoms with Crippen molar-refractivity contribution in [2.45, 2.75) is 25.8 Å². The van der Waals surface area contributed by atoms with Gasteiger partial charge in [0, 0.05) is 18.1 Å². The summed E-state index contributed by atoms with van der Waals surface area (Å²) in [7, 11) is 6.13. The molecule has 2 amide bonds. The normalized spacial score (nSPS) is 13.8. The lowest BCUT2D eigenvalue weighted by Crippen LogP contribution is -2.26. The molecule has 0 aliphatic heterocycles. The molecule has 0 aromatic heterocycles. The van der Waals surface area contributed by atoms with E-state index in [1.165, 1.54) is 34.3 Å². The van der Waals surface area contributed by atoms with Crippen LogP contribution in [0.3, 0.4) is 0 Å². The Labute approximate surface area is 220 Å². The van der Waals surface area contributed by atoms with Gasteiger partial charge in [0.2, 0.25) is 17.1 Å². The minimum atomic E-state index is -0.454. The highest BCUT2D eigenvalue weighted by Gasteiger charge is 2.29. The maximum atomic E-state index is 13.4. The molecule has 0 bridgehead atoms. The number of carbonyl (C=O) groups excluding carboxylic acids is 2. The van der Waals surface area contributed by atoms with Crippen LogP contribution < -0.4 is 35.0 Å². The van der Waals surface area contributed by atoms with E-state index in [0.29, 0.717) is 52.5 Å². The summed E-state index contributed by atoms with van der Waals surface area (Å²) in [5.41, 5.74) is 2.96. The van der Waals surface area contributed by atoms with E-state index in [4.69, 9.17) is 18.9 Å². The minimum Gasteiger partial charge on any atom is -0.497 e. The summed E-state index contributed by atoms with van der Waals surface area (Å²) >= 11 is 0. The van der Waals surface area contributed by atoms with Crippen molar-refractivity contribution in [1.29, 1.82) is 0 Å². The van der Waals surface area contributed by atoms with Crippen molar-refractivity contribution in [2.75, 3.05) is 33.8 Å². The highest BCUT2D eigenvalue weighted by atomic mass is 16.5. The molecule has 0 saturated carbocycles. The molecule has 4 rings (SSSR count). The lowest BCUT2D eigenvalue weighted by atomic mass is 9.95. The highest BCUT2D eigenvalue weighted by Crippen LogP contribution is 2.50. The molecule has 1 atom stereocenters. The summed E-state index contributed by atoms with van der Waals surface area (Å²) in [6.45, 7) is 1.44. The molecule has 0 heterocycles. The molecule has 3 aromatic carbocycles. The Kier molecular flexibility index (Phi) is 7.85. The fourth-order valence-electron chi connectivity index (χ4n) is 4.77. The minimum absolute atomic E-state index is 0.0912. The number of benzene rings is 2. The molecule has 9 nitrogen and oxygen atoms in total. The van der Waals surface area contributed by atoms with Gasteiger partial charge in [-0.2, -0.15) is 0 Å². The van der Waals surface area contributed by atoms with E-state index in [-0.39, 0.29) is 11.6 Å². The first-order chi connectivity index (χ1) is 18.3. The number of carbonyl (C=O) groups is 2. The molecule has 3 aromatic rings. The average Bonchev–Trinajstić information content (AvgIpc) is 3.16. The van der Waals surface area contributed by atoms with Gasteiger partial charge in [-0.15, -0.1) is 0 Å². The number of hydrogen-bond acceptors (Lipinski definition) is 7. The van der Waals surface area contributed by atoms with Crippen LogP contribution in [0.25, 0.3) is 11.1 Å². The average molecular weight is 519 g/mol. The number of fused-ring (bicyclic) bond motifs is 3. The van der Waals surface area contributed by atoms with Gasteiger partial charge in [-0.1, -0.05) is 12.1 Å². The van der Waals surface area contributed by atoms with Crippen LogP contribution in [0.5, 0.6) is 23.0 Å². The molecule has 0 spiro atoms. The molecular weight excluding hydrogens is 488 g/mol. The number of ether oxygens (including phenoxy) is 4. The zero-order valence-electron chi connectivity index (χ0n) is 22.0. The Bertz CT molecular complexity index is 1450. The van der Waals surface area contributed by atoms with Gasteiger partial charge in [0.15, 0.2) is 11.5 Å². The van der Waals surface area contributed by atoms with E-state index in [1.54, 1.807) is 43.5 Å². The van der Waals surface area contributed by atoms with Crippen molar-refractivity contribution < 1.29 is 28.5 Å². The van der Waals surface area contributed by atoms with Crippen molar-refractivity contribution in [3.05, 3.63) is 75.4 Å². The summed E-state index contributed by atoms with van der Waals surface area (Å²) < 4.78 is 22.1. The van der Waals surface area contributed by atoms with E-state index < -0.39 is 17.4 Å². The summed E-state index contributed by atoms with van der Waals surface area (Å²) in [5.74, 6) is 1.23. The fraction of sp³-hybridized carbons (Fsp3) is 0.276. The standard InChI is InChI=1S/C29H30N2O7/c1-16(32)30-22-11-9-17-14-25(36-3)27(37-4)28(38-5)26(17)20-10-12-23(24(33)15-21(20)22)31-29(34)18-7-6-8-19(13-18)35-2/h6-8,10,12-15,22H,9,11H2,1-5H3,(H,30,32)(H,31,33,34)/t22-/m0/s1. The molecule has 1 aliphatic carbocycles. The number of rotatable bonds is 7. The van der Waals surface area contributed by atoms with Gasteiger partial charge in [-0.3, -0.25) is 14.4 Å². The van der Waals surface area contributed by atoms with Gasteiger partial charge < -0.3 is 29.6 Å². The third kappa shape index (κ3) is 5.13. The maximum absolute atomic E-state index is 13.4. The zero-order chi connectivity index (χ0) is 27.4. The predicted octanol–water partition coefficient (Wildman–Crippen LogP) is 4.12. The second-order valence-corrected chi connectivity index (χ2v) is 8.78. The first-order valence-corrected chi connectivity index (χ1v) is 12.0. The Hall–Kier alpha value is -4.53. The lowest BCUT2D eigenvalue weighted by Gasteiger charge is -2.19. The van der Waals surface area contributed by atoms with Crippen LogP contribution in [-0.4, -0.2) is 40.3 Å². The second kappa shape index (κ2) is 11.2. The monoisotopic (exact) mass is 518 g/mol. The summed E-state index contributed by atoms with van der Waals surface area (Å²) in [4.78, 5) is 38.4. The molecule has 9 heteroatoms. The third-order valence-electron chi connectivity index (χ3n) is 6.50. The smallest absolute Gasteiger partial charge is 0.255 e. The number of anilines is 1. The van der Waals surface area contributed by atoms with Crippen LogP contribution in [0.15, 0.2) is 53.3 Å². The highest BCUT2D eigenvalue weighted by molar-refractivity contribution is 6.04. The number of hydrogen-bond donors (Lipinski definition) is 2. The Morgan fingerprint density at radius 1 is 0.895 bits per heavy atom. The van der Waals surface area contributed by atoms with E-state index in [9.17, 15) is 14.4 Å². The maximum Gasteiger partial charge on any atom is 0.255 e. The number of amides is 2. The van der Waals surface area contributed by atoms with Crippen LogP contribution in [0.4, 0.5) is 5.69 Å². The first-order valence-electron chi connectivity index (χ1n) is 12.0. The predicted molar refractivity (Wildman–Crippen MR) is 144 cm³/mol. The Balaban J connectivity index is 1.91. The third-order valence-corrected chi connectivity index (χ3v) is 6.50. The van der Waals surface area contributed by atoms with Crippen LogP contribution in [0, 0.1) is 0 Å². The van der Waals surface area contributed by atoms with Crippen molar-refractivity contribution in [3.63, 3.8) is 0 Å². The van der Waals surface area contributed by atoms with Crippen LogP contribution in [0.1, 0.15) is 40.9 Å². The largest absolute Gasteiger partial charge is 0.497 e. The quantitative estimate of drug-likeness (QED) is 0.484. The van der Waals surface area contributed by atoms with Gasteiger partial charge in [-0.05, 0) is 65.9 Å². The SMILES string of the molecule is COc1cccc(C(=O)Nc2ccc3c(cc2=O)[C@@H](NC(C)=O)CCc2cc(OC)c(OC)c(OC)c2-3)c1. The van der Waals surface area contributed by atoms with E-state index in [1.807, 2.05) is 6.07 Å². The topological polar surface area (TPSA) is 112 Å². The van der Waals surface area contributed by atoms with Gasteiger partial charge in [0.25, 0.3) is 5.91 Å². The zero-order valence-corrected chi connectivity index (χ0v) is 22.0. The van der Waals surface area contributed by atoms with Crippen molar-refractivity contribution >= 4 is 17.5 Å². The van der Waals surface area contributed by atoms with Gasteiger partial charge >= 0.3 is 0 Å². The van der Waals surface area contributed by atoms with Crippen molar-refractivity contribution in [3.8, 4) is 34.1 Å². The molecule has 198 valence electrons. The van der Waals surface area contributed by atoms with Crippen molar-refractivity contribution in [1.82, 2.24) is 5.32 Å². The number of nitrogens with one attached hydrogen (secondary N) is 2. The molecule has 0 unspecified atom stereocenters. The molecule has 2 N–H and O–H groups in total. The molecule has 0 radical (unpaired) electrons. The summed E-state index contributed by atoms with van der Waals surface area (Å²) in [5, 5.41) is 5.68. The number of methoxy groups -OCH3 is 4. The second-order valence-electron chi connectivity index (χ2n) is 8.78. The Morgan fingerprint density at radius 3 is 2.32 bits per heavy atom. The van der Waals surface area contributed by atoms with Crippen molar-refractivity contribution in [2.24, 2.45) is 0 Å². The molecule has 1 aliphatic rings. The van der Waals surface area contributed by atoms with Gasteiger partial charge in [-0.25, -0.2) is 0 Å². The molecule has 38 heavy (non-hydrogen) atoms. The number of aryl methyl sites for hydroxylation is 1. The lowest BCUT2D eigenvalue weighted by molar-refractivity contribution is -0.119. The molecule has 0 saturated heterocycles. The van der Waals surface area contributed by atoms with Crippen LogP contribution in [-0.2, 0) is 11.2 Å².